The second-order valence-electron chi connectivity index (χ2n) is 3.96. The van der Waals surface area contributed by atoms with Gasteiger partial charge in [0.2, 0.25) is 0 Å². The van der Waals surface area contributed by atoms with E-state index in [0.29, 0.717) is 18.3 Å². The quantitative estimate of drug-likeness (QED) is 0.629. The summed E-state index contributed by atoms with van der Waals surface area (Å²) in [7, 11) is 1.40. The number of carbonyl (C=O) groups excluding carboxylic acids is 1. The number of rotatable bonds is 2. The van der Waals surface area contributed by atoms with Crippen molar-refractivity contribution in [2.24, 2.45) is 17.6 Å². The molecule has 0 bridgehead atoms. The van der Waals surface area contributed by atoms with Crippen molar-refractivity contribution < 1.29 is 9.53 Å². The standard InChI is InChI=1S/C9H17NO2/c1-6-4-9(10,7(6)2)5-8(11)12-3/h6-7H,4-5,10H2,1-3H3. The number of methoxy groups -OCH3 is 1. The van der Waals surface area contributed by atoms with E-state index in [1.54, 1.807) is 0 Å². The van der Waals surface area contributed by atoms with E-state index >= 15 is 0 Å². The van der Waals surface area contributed by atoms with Gasteiger partial charge >= 0.3 is 5.97 Å². The summed E-state index contributed by atoms with van der Waals surface area (Å²) < 4.78 is 4.59. The van der Waals surface area contributed by atoms with Crippen LogP contribution in [0.3, 0.4) is 0 Å². The Morgan fingerprint density at radius 2 is 2.25 bits per heavy atom. The van der Waals surface area contributed by atoms with Gasteiger partial charge in [0, 0.05) is 5.54 Å². The fourth-order valence-corrected chi connectivity index (χ4v) is 1.94. The molecule has 0 heterocycles. The second kappa shape index (κ2) is 3.05. The van der Waals surface area contributed by atoms with Gasteiger partial charge in [-0.25, -0.2) is 0 Å². The van der Waals surface area contributed by atoms with E-state index < -0.39 is 0 Å². The minimum absolute atomic E-state index is 0.198. The number of nitrogens with two attached hydrogens (primary N) is 1. The van der Waals surface area contributed by atoms with Crippen molar-refractivity contribution in [1.29, 1.82) is 0 Å². The topological polar surface area (TPSA) is 52.3 Å². The molecule has 0 aromatic rings. The summed E-state index contributed by atoms with van der Waals surface area (Å²) in [5.74, 6) is 0.868. The van der Waals surface area contributed by atoms with Gasteiger partial charge in [-0.3, -0.25) is 4.79 Å². The largest absolute Gasteiger partial charge is 0.469 e. The van der Waals surface area contributed by atoms with Crippen LogP contribution in [0, 0.1) is 11.8 Å². The summed E-state index contributed by atoms with van der Waals surface area (Å²) in [6, 6.07) is 0. The lowest BCUT2D eigenvalue weighted by molar-refractivity contribution is -0.144. The molecule has 1 fully saturated rings. The van der Waals surface area contributed by atoms with Crippen LogP contribution in [-0.2, 0) is 9.53 Å². The molecule has 3 atom stereocenters. The Labute approximate surface area is 73.3 Å². The van der Waals surface area contributed by atoms with Crippen LogP contribution >= 0.6 is 0 Å². The van der Waals surface area contributed by atoms with E-state index in [9.17, 15) is 4.79 Å². The second-order valence-corrected chi connectivity index (χ2v) is 3.96. The number of esters is 1. The number of ether oxygens (including phenoxy) is 1. The lowest BCUT2D eigenvalue weighted by Crippen LogP contribution is -2.59. The van der Waals surface area contributed by atoms with Crippen LogP contribution in [-0.4, -0.2) is 18.6 Å². The molecule has 70 valence electrons. The Morgan fingerprint density at radius 1 is 1.67 bits per heavy atom. The number of carbonyl (C=O) groups is 1. The molecule has 1 saturated carbocycles. The van der Waals surface area contributed by atoms with Gasteiger partial charge in [-0.2, -0.15) is 0 Å². The monoisotopic (exact) mass is 171 g/mol. The predicted molar refractivity (Wildman–Crippen MR) is 46.5 cm³/mol. The fourth-order valence-electron chi connectivity index (χ4n) is 1.94. The van der Waals surface area contributed by atoms with Crippen LogP contribution in [0.25, 0.3) is 0 Å². The van der Waals surface area contributed by atoms with Crippen molar-refractivity contribution in [2.45, 2.75) is 32.2 Å². The van der Waals surface area contributed by atoms with E-state index in [1.807, 2.05) is 0 Å². The molecule has 0 radical (unpaired) electrons. The molecule has 0 amide bonds. The van der Waals surface area contributed by atoms with E-state index in [2.05, 4.69) is 18.6 Å². The maximum absolute atomic E-state index is 11.0. The van der Waals surface area contributed by atoms with E-state index in [0.717, 1.165) is 6.42 Å². The summed E-state index contributed by atoms with van der Waals surface area (Å²) in [6.45, 7) is 4.25. The average molecular weight is 171 g/mol. The summed E-state index contributed by atoms with van der Waals surface area (Å²) in [4.78, 5) is 11.0. The van der Waals surface area contributed by atoms with Crippen molar-refractivity contribution in [3.05, 3.63) is 0 Å². The number of hydrogen-bond acceptors (Lipinski definition) is 3. The van der Waals surface area contributed by atoms with Gasteiger partial charge in [0.25, 0.3) is 0 Å². The van der Waals surface area contributed by atoms with Gasteiger partial charge in [-0.1, -0.05) is 13.8 Å². The first-order valence-corrected chi connectivity index (χ1v) is 4.35. The molecular formula is C9H17NO2. The molecular weight excluding hydrogens is 154 g/mol. The van der Waals surface area contributed by atoms with Gasteiger partial charge in [-0.15, -0.1) is 0 Å². The zero-order valence-electron chi connectivity index (χ0n) is 7.96. The van der Waals surface area contributed by atoms with Crippen LogP contribution < -0.4 is 5.73 Å². The van der Waals surface area contributed by atoms with Crippen molar-refractivity contribution in [1.82, 2.24) is 0 Å². The molecule has 3 nitrogen and oxygen atoms in total. The Morgan fingerprint density at radius 3 is 2.58 bits per heavy atom. The summed E-state index contributed by atoms with van der Waals surface area (Å²) >= 11 is 0. The van der Waals surface area contributed by atoms with E-state index in [4.69, 9.17) is 5.73 Å². The van der Waals surface area contributed by atoms with Crippen LogP contribution in [0.5, 0.6) is 0 Å². The Bertz CT molecular complexity index is 193. The fraction of sp³-hybridized carbons (Fsp3) is 0.889. The third kappa shape index (κ3) is 1.46. The summed E-state index contributed by atoms with van der Waals surface area (Å²) in [5.41, 5.74) is 5.71. The van der Waals surface area contributed by atoms with Gasteiger partial charge in [0.05, 0.1) is 13.5 Å². The highest BCUT2D eigenvalue weighted by atomic mass is 16.5. The summed E-state index contributed by atoms with van der Waals surface area (Å²) in [6.07, 6.45) is 1.29. The third-order valence-electron chi connectivity index (χ3n) is 3.16. The molecule has 0 aliphatic heterocycles. The smallest absolute Gasteiger partial charge is 0.307 e. The van der Waals surface area contributed by atoms with E-state index in [-0.39, 0.29) is 11.5 Å². The molecule has 1 rings (SSSR count). The van der Waals surface area contributed by atoms with Crippen LogP contribution in [0.4, 0.5) is 0 Å². The normalized spacial score (nSPS) is 40.3. The SMILES string of the molecule is COC(=O)CC1(N)CC(C)C1C. The first kappa shape index (κ1) is 9.52. The van der Waals surface area contributed by atoms with Crippen molar-refractivity contribution >= 4 is 5.97 Å². The van der Waals surface area contributed by atoms with Gasteiger partial charge in [0.15, 0.2) is 0 Å². The van der Waals surface area contributed by atoms with Crippen LogP contribution in [0.2, 0.25) is 0 Å². The molecule has 0 spiro atoms. The third-order valence-corrected chi connectivity index (χ3v) is 3.16. The Balaban J connectivity index is 2.47. The Kier molecular flexibility index (Phi) is 2.42. The molecule has 0 saturated heterocycles. The van der Waals surface area contributed by atoms with Crippen LogP contribution in [0.1, 0.15) is 26.7 Å². The lowest BCUT2D eigenvalue weighted by Gasteiger charge is -2.49. The zero-order valence-corrected chi connectivity index (χ0v) is 7.96. The van der Waals surface area contributed by atoms with Crippen molar-refractivity contribution in [3.8, 4) is 0 Å². The van der Waals surface area contributed by atoms with Crippen LogP contribution in [0.15, 0.2) is 0 Å². The van der Waals surface area contributed by atoms with Gasteiger partial charge < -0.3 is 10.5 Å². The molecule has 2 N–H and O–H groups in total. The minimum atomic E-state index is -0.299. The molecule has 3 unspecified atom stereocenters. The molecule has 12 heavy (non-hydrogen) atoms. The van der Waals surface area contributed by atoms with Crippen molar-refractivity contribution in [3.63, 3.8) is 0 Å². The predicted octanol–water partition coefficient (Wildman–Crippen LogP) is 0.923. The molecule has 0 aromatic heterocycles. The van der Waals surface area contributed by atoms with Crippen molar-refractivity contribution in [2.75, 3.05) is 7.11 Å². The highest BCUT2D eigenvalue weighted by Gasteiger charge is 2.47. The molecule has 1 aliphatic carbocycles. The first-order valence-electron chi connectivity index (χ1n) is 4.35. The molecule has 3 heteroatoms. The maximum atomic E-state index is 11.0. The Hall–Kier alpha value is -0.570. The minimum Gasteiger partial charge on any atom is -0.469 e. The molecule has 0 aromatic carbocycles. The highest BCUT2D eigenvalue weighted by Crippen LogP contribution is 2.43. The summed E-state index contributed by atoms with van der Waals surface area (Å²) in [5, 5.41) is 0. The van der Waals surface area contributed by atoms with Gasteiger partial charge in [0.1, 0.15) is 0 Å². The lowest BCUT2D eigenvalue weighted by atomic mass is 9.60. The average Bonchev–Trinajstić information content (AvgIpc) is 2.03. The highest BCUT2D eigenvalue weighted by molar-refractivity contribution is 5.71. The van der Waals surface area contributed by atoms with Gasteiger partial charge in [-0.05, 0) is 18.3 Å². The number of hydrogen-bond donors (Lipinski definition) is 1. The maximum Gasteiger partial charge on any atom is 0.307 e. The molecule has 1 aliphatic rings. The zero-order chi connectivity index (χ0) is 9.35. The van der Waals surface area contributed by atoms with E-state index in [1.165, 1.54) is 7.11 Å². The first-order chi connectivity index (χ1) is 5.49.